The Morgan fingerprint density at radius 2 is 1.55 bits per heavy atom. The Kier molecular flexibility index (Phi) is 7.38. The lowest BCUT2D eigenvalue weighted by Crippen LogP contribution is -1.97. The average Bonchev–Trinajstić information content (AvgIpc) is 2.73. The third-order valence-corrected chi connectivity index (χ3v) is 5.95. The van der Waals surface area contributed by atoms with Gasteiger partial charge >= 0.3 is 7.60 Å². The Labute approximate surface area is 172 Å². The standard InChI is InChI=1S/C24H28NO3P/c1-2-19-12-14-20(15-13-19)23-17-16-22(11-7-4-8-18-29(26,27)28)25-24(23)21-9-5-3-6-10-21/h3,5-6,9-10,12-17H,2,4,7-8,11,18H2,1H3,(H2,26,27,28). The molecule has 0 aliphatic rings. The maximum absolute atomic E-state index is 11.0. The van der Waals surface area contributed by atoms with Crippen molar-refractivity contribution in [1.29, 1.82) is 0 Å². The van der Waals surface area contributed by atoms with E-state index in [1.807, 2.05) is 18.2 Å². The maximum Gasteiger partial charge on any atom is 0.325 e. The number of benzene rings is 2. The van der Waals surface area contributed by atoms with Crippen LogP contribution in [0.25, 0.3) is 22.4 Å². The molecule has 3 aromatic rings. The summed E-state index contributed by atoms with van der Waals surface area (Å²) in [6.07, 6.45) is 3.97. The van der Waals surface area contributed by atoms with Crippen molar-refractivity contribution in [3.05, 3.63) is 78.0 Å². The molecule has 5 heteroatoms. The first-order valence-corrected chi connectivity index (χ1v) is 12.0. The monoisotopic (exact) mass is 409 g/mol. The van der Waals surface area contributed by atoms with Crippen molar-refractivity contribution in [2.45, 2.75) is 39.0 Å². The molecule has 0 radical (unpaired) electrons. The second kappa shape index (κ2) is 9.98. The van der Waals surface area contributed by atoms with Crippen molar-refractivity contribution in [3.8, 4) is 22.4 Å². The lowest BCUT2D eigenvalue weighted by molar-refractivity contribution is 0.371. The van der Waals surface area contributed by atoms with Crippen molar-refractivity contribution in [1.82, 2.24) is 4.98 Å². The molecular weight excluding hydrogens is 381 g/mol. The van der Waals surface area contributed by atoms with Gasteiger partial charge in [0.05, 0.1) is 5.69 Å². The van der Waals surface area contributed by atoms with Crippen molar-refractivity contribution in [3.63, 3.8) is 0 Å². The van der Waals surface area contributed by atoms with E-state index in [0.29, 0.717) is 6.42 Å². The Balaban J connectivity index is 1.81. The predicted octanol–water partition coefficient (Wildman–Crippen LogP) is 5.87. The van der Waals surface area contributed by atoms with Gasteiger partial charge in [0, 0.05) is 23.0 Å². The number of aromatic nitrogens is 1. The Hall–Kier alpha value is -2.26. The molecule has 0 saturated carbocycles. The molecule has 0 aliphatic heterocycles. The average molecular weight is 409 g/mol. The summed E-state index contributed by atoms with van der Waals surface area (Å²) in [5.74, 6) is 0. The van der Waals surface area contributed by atoms with Gasteiger partial charge in [-0.2, -0.15) is 0 Å². The van der Waals surface area contributed by atoms with Crippen LogP contribution in [0.3, 0.4) is 0 Å². The van der Waals surface area contributed by atoms with Gasteiger partial charge in [0.1, 0.15) is 0 Å². The van der Waals surface area contributed by atoms with Crippen LogP contribution in [0.5, 0.6) is 0 Å². The van der Waals surface area contributed by atoms with Crippen molar-refractivity contribution >= 4 is 7.60 Å². The van der Waals surface area contributed by atoms with E-state index in [-0.39, 0.29) is 6.16 Å². The largest absolute Gasteiger partial charge is 0.325 e. The Morgan fingerprint density at radius 1 is 0.828 bits per heavy atom. The predicted molar refractivity (Wildman–Crippen MR) is 119 cm³/mol. The third-order valence-electron chi connectivity index (χ3n) is 5.06. The van der Waals surface area contributed by atoms with Crippen LogP contribution in [0, 0.1) is 0 Å². The summed E-state index contributed by atoms with van der Waals surface area (Å²) in [6, 6.07) is 23.1. The van der Waals surface area contributed by atoms with E-state index in [1.165, 1.54) is 5.56 Å². The molecule has 3 rings (SSSR count). The molecule has 1 aromatic heterocycles. The summed E-state index contributed by atoms with van der Waals surface area (Å²) in [6.45, 7) is 2.15. The first-order chi connectivity index (χ1) is 14.0. The number of unbranched alkanes of at least 4 members (excludes halogenated alkanes) is 2. The number of hydrogen-bond acceptors (Lipinski definition) is 2. The van der Waals surface area contributed by atoms with Gasteiger partial charge in [0.2, 0.25) is 0 Å². The maximum atomic E-state index is 11.0. The first-order valence-electron chi connectivity index (χ1n) is 10.2. The number of aryl methyl sites for hydroxylation is 2. The van der Waals surface area contributed by atoms with E-state index in [9.17, 15) is 4.57 Å². The van der Waals surface area contributed by atoms with Gasteiger partial charge in [-0.15, -0.1) is 0 Å². The van der Waals surface area contributed by atoms with Crippen molar-refractivity contribution in [2.24, 2.45) is 0 Å². The lowest BCUT2D eigenvalue weighted by Gasteiger charge is -2.12. The van der Waals surface area contributed by atoms with E-state index in [4.69, 9.17) is 14.8 Å². The number of nitrogens with zero attached hydrogens (tertiary/aromatic N) is 1. The highest BCUT2D eigenvalue weighted by atomic mass is 31.2. The summed E-state index contributed by atoms with van der Waals surface area (Å²) in [7, 11) is -3.89. The molecule has 0 amide bonds. The topological polar surface area (TPSA) is 70.4 Å². The van der Waals surface area contributed by atoms with Crippen LogP contribution in [0.4, 0.5) is 0 Å². The van der Waals surface area contributed by atoms with Crippen molar-refractivity contribution < 1.29 is 14.4 Å². The second-order valence-corrected chi connectivity index (χ2v) is 9.09. The van der Waals surface area contributed by atoms with E-state index in [0.717, 1.165) is 53.8 Å². The minimum atomic E-state index is -3.89. The third kappa shape index (κ3) is 6.37. The zero-order chi connectivity index (χ0) is 20.7. The fourth-order valence-electron chi connectivity index (χ4n) is 3.41. The fraction of sp³-hybridized carbons (Fsp3) is 0.292. The van der Waals surface area contributed by atoms with Crippen LogP contribution < -0.4 is 0 Å². The van der Waals surface area contributed by atoms with Gasteiger partial charge in [0.25, 0.3) is 0 Å². The van der Waals surface area contributed by atoms with E-state index in [2.05, 4.69) is 55.5 Å². The molecule has 2 N–H and O–H groups in total. The summed E-state index contributed by atoms with van der Waals surface area (Å²) in [5, 5.41) is 0. The summed E-state index contributed by atoms with van der Waals surface area (Å²) >= 11 is 0. The summed E-state index contributed by atoms with van der Waals surface area (Å²) in [5.41, 5.74) is 6.66. The SMILES string of the molecule is CCc1ccc(-c2ccc(CCCCCP(=O)(O)O)nc2-c2ccccc2)cc1. The van der Waals surface area contributed by atoms with Gasteiger partial charge < -0.3 is 9.79 Å². The number of rotatable bonds is 9. The Bertz CT molecular complexity index is 965. The molecule has 0 saturated heterocycles. The quantitative estimate of drug-likeness (QED) is 0.343. The molecule has 4 nitrogen and oxygen atoms in total. The molecular formula is C24H28NO3P. The van der Waals surface area contributed by atoms with E-state index >= 15 is 0 Å². The molecule has 152 valence electrons. The normalized spacial score (nSPS) is 11.6. The fourth-order valence-corrected chi connectivity index (χ4v) is 4.04. The molecule has 1 heterocycles. The number of hydrogen-bond donors (Lipinski definition) is 2. The molecule has 29 heavy (non-hydrogen) atoms. The minimum absolute atomic E-state index is 0.0393. The first kappa shape index (κ1) is 21.4. The second-order valence-electron chi connectivity index (χ2n) is 7.31. The van der Waals surface area contributed by atoms with E-state index in [1.54, 1.807) is 0 Å². The zero-order valence-electron chi connectivity index (χ0n) is 16.8. The summed E-state index contributed by atoms with van der Waals surface area (Å²) in [4.78, 5) is 22.9. The molecule has 0 unspecified atom stereocenters. The highest BCUT2D eigenvalue weighted by molar-refractivity contribution is 7.51. The highest BCUT2D eigenvalue weighted by Crippen LogP contribution is 2.35. The van der Waals surface area contributed by atoms with Gasteiger partial charge in [-0.1, -0.05) is 74.0 Å². The van der Waals surface area contributed by atoms with Crippen LogP contribution >= 0.6 is 7.60 Å². The van der Waals surface area contributed by atoms with Gasteiger partial charge in [-0.05, 0) is 42.9 Å². The number of pyridine rings is 1. The van der Waals surface area contributed by atoms with Gasteiger partial charge in [-0.25, -0.2) is 0 Å². The van der Waals surface area contributed by atoms with Crippen LogP contribution in [-0.2, 0) is 17.4 Å². The van der Waals surface area contributed by atoms with Gasteiger partial charge in [-0.3, -0.25) is 9.55 Å². The molecule has 0 bridgehead atoms. The van der Waals surface area contributed by atoms with Crippen LogP contribution in [-0.4, -0.2) is 20.9 Å². The molecule has 0 aliphatic carbocycles. The van der Waals surface area contributed by atoms with Crippen LogP contribution in [0.15, 0.2) is 66.7 Å². The molecule has 0 spiro atoms. The molecule has 0 fully saturated rings. The van der Waals surface area contributed by atoms with Gasteiger partial charge in [0.15, 0.2) is 0 Å². The Morgan fingerprint density at radius 3 is 2.21 bits per heavy atom. The molecule has 0 atom stereocenters. The lowest BCUT2D eigenvalue weighted by atomic mass is 9.97. The van der Waals surface area contributed by atoms with Crippen molar-refractivity contribution in [2.75, 3.05) is 6.16 Å². The minimum Gasteiger partial charge on any atom is -0.324 e. The highest BCUT2D eigenvalue weighted by Gasteiger charge is 2.13. The van der Waals surface area contributed by atoms with E-state index < -0.39 is 7.60 Å². The van der Waals surface area contributed by atoms with Crippen LogP contribution in [0.2, 0.25) is 0 Å². The zero-order valence-corrected chi connectivity index (χ0v) is 17.7. The molecule has 2 aromatic carbocycles. The van der Waals surface area contributed by atoms with Crippen LogP contribution in [0.1, 0.15) is 37.4 Å². The smallest absolute Gasteiger partial charge is 0.324 e. The summed E-state index contributed by atoms with van der Waals surface area (Å²) < 4.78 is 11.0.